The molecule has 172 valence electrons. The number of carboxylic acid groups (broad SMARTS) is 1. The number of rotatable bonds is 15. The first-order valence-electron chi connectivity index (χ1n) is 11.0. The maximum absolute atomic E-state index is 10.4. The van der Waals surface area contributed by atoms with Gasteiger partial charge in [-0.1, -0.05) is 98.7 Å². The van der Waals surface area contributed by atoms with E-state index >= 15 is 0 Å². The zero-order chi connectivity index (χ0) is 23.5. The second-order valence-corrected chi connectivity index (χ2v) is 8.54. The van der Waals surface area contributed by atoms with Gasteiger partial charge in [-0.2, -0.15) is 0 Å². The zero-order valence-corrected chi connectivity index (χ0v) is 20.1. The van der Waals surface area contributed by atoms with Crippen LogP contribution < -0.4 is 0 Å². The van der Waals surface area contributed by atoms with Gasteiger partial charge < -0.3 is 10.2 Å². The standard InChI is InChI=1S/C27H39ClO3/c1-22(2)14-8-6-5-7-9-17-25(29)21-20-24(4)26(28)18-12-10-15-23(3)16-11-13-19-27(30)31/h5-8,10-13,15-16,18-19,22,24-25,29H,9,14,17,20-21H2,1-4H3,(H,30,31)/b7-5+,8-6+,12-10+,16-11+,19-13+,23-15+,26-18-/t24-,25+/m0/s1. The Balaban J connectivity index is 4.24. The SMILES string of the molecule is CC(/C=C/C=C/C(=O)O)=C\C=C\C=C(/Cl)[C@@H](C)CC[C@H](O)CC/C=C/C=C/CC(C)C. The highest BCUT2D eigenvalue weighted by atomic mass is 35.5. The predicted octanol–water partition coefficient (Wildman–Crippen LogP) is 7.52. The largest absolute Gasteiger partial charge is 0.478 e. The summed E-state index contributed by atoms with van der Waals surface area (Å²) in [6.07, 6.45) is 26.1. The van der Waals surface area contributed by atoms with E-state index in [1.54, 1.807) is 6.08 Å². The summed E-state index contributed by atoms with van der Waals surface area (Å²) in [6.45, 7) is 8.40. The maximum Gasteiger partial charge on any atom is 0.328 e. The molecular formula is C27H39ClO3. The minimum atomic E-state index is -0.964. The van der Waals surface area contributed by atoms with Crippen LogP contribution in [-0.4, -0.2) is 22.3 Å². The summed E-state index contributed by atoms with van der Waals surface area (Å²) >= 11 is 6.37. The summed E-state index contributed by atoms with van der Waals surface area (Å²) in [5, 5.41) is 19.5. The lowest BCUT2D eigenvalue weighted by atomic mass is 10.00. The lowest BCUT2D eigenvalue weighted by Gasteiger charge is -2.13. The van der Waals surface area contributed by atoms with Gasteiger partial charge in [0.05, 0.1) is 6.10 Å². The van der Waals surface area contributed by atoms with Gasteiger partial charge in [0.25, 0.3) is 0 Å². The molecule has 0 aliphatic heterocycles. The number of hydrogen-bond donors (Lipinski definition) is 2. The average Bonchev–Trinajstić information content (AvgIpc) is 2.71. The highest BCUT2D eigenvalue weighted by molar-refractivity contribution is 6.29. The van der Waals surface area contributed by atoms with Gasteiger partial charge in [0.1, 0.15) is 0 Å². The van der Waals surface area contributed by atoms with E-state index in [-0.39, 0.29) is 12.0 Å². The van der Waals surface area contributed by atoms with Gasteiger partial charge in [0, 0.05) is 11.1 Å². The molecule has 0 aromatic rings. The number of carbonyl (C=O) groups is 1. The highest BCUT2D eigenvalue weighted by Crippen LogP contribution is 2.22. The molecular weight excluding hydrogens is 408 g/mol. The van der Waals surface area contributed by atoms with Crippen LogP contribution >= 0.6 is 11.6 Å². The van der Waals surface area contributed by atoms with Crippen LogP contribution in [0.15, 0.2) is 83.5 Å². The first-order valence-corrected chi connectivity index (χ1v) is 11.4. The monoisotopic (exact) mass is 446 g/mol. The Morgan fingerprint density at radius 3 is 2.19 bits per heavy atom. The Bertz CT molecular complexity index is 706. The van der Waals surface area contributed by atoms with Gasteiger partial charge >= 0.3 is 5.97 Å². The topological polar surface area (TPSA) is 57.5 Å². The third kappa shape index (κ3) is 19.6. The predicted molar refractivity (Wildman–Crippen MR) is 134 cm³/mol. The van der Waals surface area contributed by atoms with Crippen molar-refractivity contribution < 1.29 is 15.0 Å². The van der Waals surface area contributed by atoms with Crippen molar-refractivity contribution in [3.8, 4) is 0 Å². The Morgan fingerprint density at radius 2 is 1.52 bits per heavy atom. The molecule has 0 fully saturated rings. The molecule has 0 unspecified atom stereocenters. The number of halogens is 1. The summed E-state index contributed by atoms with van der Waals surface area (Å²) in [4.78, 5) is 10.4. The van der Waals surface area contributed by atoms with E-state index in [2.05, 4.69) is 45.1 Å². The van der Waals surface area contributed by atoms with Crippen molar-refractivity contribution >= 4 is 17.6 Å². The van der Waals surface area contributed by atoms with Gasteiger partial charge in [-0.3, -0.25) is 0 Å². The fourth-order valence-corrected chi connectivity index (χ4v) is 2.72. The lowest BCUT2D eigenvalue weighted by Crippen LogP contribution is -2.08. The van der Waals surface area contributed by atoms with Crippen molar-refractivity contribution in [1.82, 2.24) is 0 Å². The number of carboxylic acids is 1. The molecule has 2 N–H and O–H groups in total. The Kier molecular flexibility index (Phi) is 17.4. The molecule has 0 radical (unpaired) electrons. The van der Waals surface area contributed by atoms with Crippen LogP contribution in [0.25, 0.3) is 0 Å². The zero-order valence-electron chi connectivity index (χ0n) is 19.4. The van der Waals surface area contributed by atoms with Gasteiger partial charge in [0.15, 0.2) is 0 Å². The van der Waals surface area contributed by atoms with Crippen LogP contribution in [0.5, 0.6) is 0 Å². The van der Waals surface area contributed by atoms with E-state index in [4.69, 9.17) is 16.7 Å². The summed E-state index contributed by atoms with van der Waals surface area (Å²) in [6, 6.07) is 0. The second-order valence-electron chi connectivity index (χ2n) is 8.10. The van der Waals surface area contributed by atoms with E-state index in [0.29, 0.717) is 5.92 Å². The van der Waals surface area contributed by atoms with Gasteiger partial charge in [-0.15, -0.1) is 0 Å². The van der Waals surface area contributed by atoms with Gasteiger partial charge in [-0.05, 0) is 56.9 Å². The van der Waals surface area contributed by atoms with Crippen LogP contribution in [0.4, 0.5) is 0 Å². The third-order valence-corrected chi connectivity index (χ3v) is 4.99. The smallest absolute Gasteiger partial charge is 0.328 e. The van der Waals surface area contributed by atoms with Crippen LogP contribution in [0, 0.1) is 11.8 Å². The number of aliphatic carboxylic acids is 1. The Morgan fingerprint density at radius 1 is 0.871 bits per heavy atom. The lowest BCUT2D eigenvalue weighted by molar-refractivity contribution is -0.131. The normalized spacial score (nSPS) is 16.1. The summed E-state index contributed by atoms with van der Waals surface area (Å²) < 4.78 is 0. The average molecular weight is 447 g/mol. The molecule has 0 spiro atoms. The molecule has 0 saturated carbocycles. The summed E-state index contributed by atoms with van der Waals surface area (Å²) in [5.41, 5.74) is 0.997. The van der Waals surface area contributed by atoms with Crippen LogP contribution in [-0.2, 0) is 4.79 Å². The molecule has 3 nitrogen and oxygen atoms in total. The molecule has 31 heavy (non-hydrogen) atoms. The summed E-state index contributed by atoms with van der Waals surface area (Å²) in [5.74, 6) is -0.0851. The van der Waals surface area contributed by atoms with Crippen LogP contribution in [0.3, 0.4) is 0 Å². The van der Waals surface area contributed by atoms with E-state index in [1.807, 2.05) is 37.3 Å². The quantitative estimate of drug-likeness (QED) is 0.202. The van der Waals surface area contributed by atoms with Crippen molar-refractivity contribution in [3.05, 3.63) is 83.5 Å². The maximum atomic E-state index is 10.4. The van der Waals surface area contributed by atoms with Gasteiger partial charge in [-0.25, -0.2) is 4.79 Å². The van der Waals surface area contributed by atoms with E-state index in [9.17, 15) is 9.90 Å². The van der Waals surface area contributed by atoms with Crippen molar-refractivity contribution in [2.75, 3.05) is 0 Å². The molecule has 0 aliphatic rings. The number of hydrogen-bond acceptors (Lipinski definition) is 2. The van der Waals surface area contributed by atoms with Crippen molar-refractivity contribution in [2.24, 2.45) is 11.8 Å². The van der Waals surface area contributed by atoms with Crippen molar-refractivity contribution in [1.29, 1.82) is 0 Å². The first-order chi connectivity index (χ1) is 14.7. The first kappa shape index (κ1) is 28.9. The van der Waals surface area contributed by atoms with E-state index in [1.165, 1.54) is 6.08 Å². The molecule has 0 rings (SSSR count). The Hall–Kier alpha value is -2.10. The third-order valence-electron chi connectivity index (χ3n) is 4.50. The molecule has 0 saturated heterocycles. The molecule has 0 heterocycles. The molecule has 4 heteroatoms. The minimum absolute atomic E-state index is 0.196. The van der Waals surface area contributed by atoms with E-state index < -0.39 is 5.97 Å². The minimum Gasteiger partial charge on any atom is -0.478 e. The van der Waals surface area contributed by atoms with Crippen LogP contribution in [0.2, 0.25) is 0 Å². The highest BCUT2D eigenvalue weighted by Gasteiger charge is 2.09. The number of aliphatic hydroxyl groups excluding tert-OH is 1. The van der Waals surface area contributed by atoms with E-state index in [0.717, 1.165) is 48.8 Å². The molecule has 2 atom stereocenters. The molecule has 0 amide bonds. The molecule has 0 aromatic carbocycles. The molecule has 0 bridgehead atoms. The van der Waals surface area contributed by atoms with Crippen LogP contribution in [0.1, 0.15) is 59.8 Å². The summed E-state index contributed by atoms with van der Waals surface area (Å²) in [7, 11) is 0. The number of allylic oxidation sites excluding steroid dienone is 13. The van der Waals surface area contributed by atoms with Gasteiger partial charge in [0.2, 0.25) is 0 Å². The van der Waals surface area contributed by atoms with Crippen molar-refractivity contribution in [3.63, 3.8) is 0 Å². The fourth-order valence-electron chi connectivity index (χ4n) is 2.54. The Labute approximate surface area is 193 Å². The van der Waals surface area contributed by atoms with Crippen molar-refractivity contribution in [2.45, 2.75) is 65.9 Å². The molecule has 0 aliphatic carbocycles. The fraction of sp³-hybridized carbons (Fsp3) is 0.444. The molecule has 0 aromatic heterocycles. The second kappa shape index (κ2) is 18.7. The number of aliphatic hydroxyl groups is 1.